The lowest BCUT2D eigenvalue weighted by Crippen LogP contribution is -2.04. The Morgan fingerprint density at radius 1 is 0.750 bits per heavy atom. The van der Waals surface area contributed by atoms with Crippen LogP contribution in [0.15, 0.2) is 0 Å². The van der Waals surface area contributed by atoms with Crippen molar-refractivity contribution in [3.63, 3.8) is 0 Å². The van der Waals surface area contributed by atoms with Gasteiger partial charge in [-0.25, -0.2) is 4.18 Å². The SMILES string of the molecule is CCOCCCCCCCCCCCCOS(=O)(=O)O. The molecule has 0 aromatic heterocycles. The first-order valence-electron chi connectivity index (χ1n) is 7.76. The first-order chi connectivity index (χ1) is 9.56. The van der Waals surface area contributed by atoms with Crippen LogP contribution in [0.3, 0.4) is 0 Å². The van der Waals surface area contributed by atoms with Gasteiger partial charge in [0.05, 0.1) is 6.61 Å². The van der Waals surface area contributed by atoms with E-state index in [2.05, 4.69) is 4.18 Å². The topological polar surface area (TPSA) is 72.8 Å². The molecule has 0 radical (unpaired) electrons. The van der Waals surface area contributed by atoms with Gasteiger partial charge in [0.2, 0.25) is 0 Å². The van der Waals surface area contributed by atoms with Gasteiger partial charge in [0.25, 0.3) is 0 Å². The smallest absolute Gasteiger partial charge is 0.382 e. The minimum atomic E-state index is -4.25. The molecule has 0 aromatic carbocycles. The molecule has 0 bridgehead atoms. The van der Waals surface area contributed by atoms with Crippen LogP contribution in [0.2, 0.25) is 0 Å². The molecule has 1 N–H and O–H groups in total. The fraction of sp³-hybridized carbons (Fsp3) is 1.00. The number of unbranched alkanes of at least 4 members (excludes halogenated alkanes) is 9. The van der Waals surface area contributed by atoms with Gasteiger partial charge >= 0.3 is 10.4 Å². The molecule has 0 heterocycles. The summed E-state index contributed by atoms with van der Waals surface area (Å²) in [6.07, 6.45) is 11.4. The standard InChI is InChI=1S/C14H30O5S/c1-2-18-13-11-9-7-5-3-4-6-8-10-12-14-19-20(15,16)17/h2-14H2,1H3,(H,15,16,17). The Bertz CT molecular complexity index is 290. The highest BCUT2D eigenvalue weighted by Gasteiger charge is 2.02. The molecule has 0 aliphatic carbocycles. The van der Waals surface area contributed by atoms with Crippen LogP contribution in [-0.2, 0) is 19.3 Å². The van der Waals surface area contributed by atoms with Gasteiger partial charge in [-0.05, 0) is 19.8 Å². The summed E-state index contributed by atoms with van der Waals surface area (Å²) in [6.45, 7) is 3.81. The molecule has 0 rings (SSSR count). The van der Waals surface area contributed by atoms with E-state index in [0.717, 1.165) is 26.1 Å². The quantitative estimate of drug-likeness (QED) is 0.368. The molecule has 0 amide bonds. The highest BCUT2D eigenvalue weighted by atomic mass is 32.3. The van der Waals surface area contributed by atoms with Crippen LogP contribution >= 0.6 is 0 Å². The van der Waals surface area contributed by atoms with Gasteiger partial charge in [-0.3, -0.25) is 4.55 Å². The van der Waals surface area contributed by atoms with E-state index in [1.165, 1.54) is 44.9 Å². The maximum absolute atomic E-state index is 10.3. The van der Waals surface area contributed by atoms with E-state index < -0.39 is 10.4 Å². The zero-order valence-electron chi connectivity index (χ0n) is 12.7. The molecule has 20 heavy (non-hydrogen) atoms. The van der Waals surface area contributed by atoms with E-state index in [0.29, 0.717) is 6.42 Å². The van der Waals surface area contributed by atoms with E-state index in [1.54, 1.807) is 0 Å². The highest BCUT2D eigenvalue weighted by molar-refractivity contribution is 7.80. The number of hydrogen-bond acceptors (Lipinski definition) is 4. The average Bonchev–Trinajstić information content (AvgIpc) is 2.38. The summed E-state index contributed by atoms with van der Waals surface area (Å²) in [5.74, 6) is 0. The third-order valence-electron chi connectivity index (χ3n) is 3.12. The van der Waals surface area contributed by atoms with Crippen LogP contribution < -0.4 is 0 Å². The van der Waals surface area contributed by atoms with Crippen molar-refractivity contribution in [1.82, 2.24) is 0 Å². The van der Waals surface area contributed by atoms with E-state index in [1.807, 2.05) is 6.92 Å². The van der Waals surface area contributed by atoms with Crippen LogP contribution in [0, 0.1) is 0 Å². The van der Waals surface area contributed by atoms with Gasteiger partial charge in [-0.1, -0.05) is 51.4 Å². The Balaban J connectivity index is 3.03. The van der Waals surface area contributed by atoms with Crippen molar-refractivity contribution in [2.24, 2.45) is 0 Å². The molecule has 6 heteroatoms. The monoisotopic (exact) mass is 310 g/mol. The molecule has 0 fully saturated rings. The molecule has 0 unspecified atom stereocenters. The Labute approximate surface area is 124 Å². The van der Waals surface area contributed by atoms with Crippen LogP contribution in [0.4, 0.5) is 0 Å². The minimum absolute atomic E-state index is 0.0820. The van der Waals surface area contributed by atoms with Crippen LogP contribution in [-0.4, -0.2) is 32.8 Å². The van der Waals surface area contributed by atoms with Crippen LogP contribution in [0.1, 0.15) is 71.1 Å². The van der Waals surface area contributed by atoms with Gasteiger partial charge in [0.1, 0.15) is 0 Å². The van der Waals surface area contributed by atoms with Gasteiger partial charge < -0.3 is 4.74 Å². The van der Waals surface area contributed by atoms with E-state index in [-0.39, 0.29) is 6.61 Å². The average molecular weight is 310 g/mol. The van der Waals surface area contributed by atoms with Crippen LogP contribution in [0.5, 0.6) is 0 Å². The van der Waals surface area contributed by atoms with E-state index >= 15 is 0 Å². The predicted octanol–water partition coefficient (Wildman–Crippen LogP) is 3.74. The van der Waals surface area contributed by atoms with Gasteiger partial charge in [-0.15, -0.1) is 0 Å². The van der Waals surface area contributed by atoms with Crippen LogP contribution in [0.25, 0.3) is 0 Å². The van der Waals surface area contributed by atoms with Gasteiger partial charge in [-0.2, -0.15) is 8.42 Å². The molecule has 0 aromatic rings. The fourth-order valence-electron chi connectivity index (χ4n) is 2.03. The largest absolute Gasteiger partial charge is 0.397 e. The zero-order chi connectivity index (χ0) is 15.1. The minimum Gasteiger partial charge on any atom is -0.382 e. The Morgan fingerprint density at radius 2 is 1.15 bits per heavy atom. The summed E-state index contributed by atoms with van der Waals surface area (Å²) >= 11 is 0. The van der Waals surface area contributed by atoms with Crippen molar-refractivity contribution in [3.05, 3.63) is 0 Å². The van der Waals surface area contributed by atoms with Gasteiger partial charge in [0.15, 0.2) is 0 Å². The lowest BCUT2D eigenvalue weighted by Gasteiger charge is -2.03. The maximum Gasteiger partial charge on any atom is 0.397 e. The summed E-state index contributed by atoms with van der Waals surface area (Å²) < 4.78 is 38.4. The van der Waals surface area contributed by atoms with Crippen molar-refractivity contribution in [2.45, 2.75) is 71.1 Å². The second-order valence-corrected chi connectivity index (χ2v) is 6.07. The molecule has 5 nitrogen and oxygen atoms in total. The second-order valence-electron chi connectivity index (χ2n) is 4.98. The Kier molecular flexibility index (Phi) is 13.7. The number of hydrogen-bond donors (Lipinski definition) is 1. The lowest BCUT2D eigenvalue weighted by molar-refractivity contribution is 0.143. The summed E-state index contributed by atoms with van der Waals surface area (Å²) in [6, 6.07) is 0. The Morgan fingerprint density at radius 3 is 1.55 bits per heavy atom. The molecule has 0 aliphatic heterocycles. The summed E-state index contributed by atoms with van der Waals surface area (Å²) in [5.41, 5.74) is 0. The molecular weight excluding hydrogens is 280 g/mol. The predicted molar refractivity (Wildman–Crippen MR) is 80.2 cm³/mol. The van der Waals surface area contributed by atoms with Crippen molar-refractivity contribution in [3.8, 4) is 0 Å². The summed E-state index contributed by atoms with van der Waals surface area (Å²) in [5, 5.41) is 0. The second kappa shape index (κ2) is 13.8. The molecular formula is C14H30O5S. The van der Waals surface area contributed by atoms with E-state index in [9.17, 15) is 8.42 Å². The molecule has 122 valence electrons. The molecule has 0 saturated heterocycles. The first-order valence-corrected chi connectivity index (χ1v) is 9.12. The zero-order valence-corrected chi connectivity index (χ0v) is 13.5. The lowest BCUT2D eigenvalue weighted by atomic mass is 10.1. The summed E-state index contributed by atoms with van der Waals surface area (Å²) in [7, 11) is -4.25. The molecule has 0 aliphatic rings. The Hall–Kier alpha value is -0.170. The summed E-state index contributed by atoms with van der Waals surface area (Å²) in [4.78, 5) is 0. The first kappa shape index (κ1) is 19.8. The number of ether oxygens (including phenoxy) is 1. The third kappa shape index (κ3) is 17.8. The fourth-order valence-corrected chi connectivity index (χ4v) is 2.36. The van der Waals surface area contributed by atoms with E-state index in [4.69, 9.17) is 9.29 Å². The highest BCUT2D eigenvalue weighted by Crippen LogP contribution is 2.10. The van der Waals surface area contributed by atoms with Gasteiger partial charge in [0, 0.05) is 13.2 Å². The normalized spacial score (nSPS) is 11.9. The third-order valence-corrected chi connectivity index (χ3v) is 3.58. The van der Waals surface area contributed by atoms with Crippen molar-refractivity contribution >= 4 is 10.4 Å². The molecule has 0 spiro atoms. The van der Waals surface area contributed by atoms with Crippen molar-refractivity contribution in [2.75, 3.05) is 19.8 Å². The van der Waals surface area contributed by atoms with Crippen molar-refractivity contribution in [1.29, 1.82) is 0 Å². The van der Waals surface area contributed by atoms with Crippen molar-refractivity contribution < 1.29 is 21.9 Å². The maximum atomic E-state index is 10.3. The number of rotatable bonds is 15. The molecule has 0 saturated carbocycles. The molecule has 0 atom stereocenters.